The summed E-state index contributed by atoms with van der Waals surface area (Å²) in [7, 11) is -2.29. The maximum atomic E-state index is 14.1. The zero-order valence-electron chi connectivity index (χ0n) is 21.8. The minimum absolute atomic E-state index is 0.105. The molecule has 0 amide bonds. The lowest BCUT2D eigenvalue weighted by atomic mass is 9.86. The van der Waals surface area contributed by atoms with Crippen molar-refractivity contribution in [2.45, 2.75) is 23.8 Å². The summed E-state index contributed by atoms with van der Waals surface area (Å²) >= 11 is 0. The van der Waals surface area contributed by atoms with E-state index in [2.05, 4.69) is 15.3 Å². The van der Waals surface area contributed by atoms with Gasteiger partial charge in [0.2, 0.25) is 16.0 Å². The third kappa shape index (κ3) is 5.96. The minimum Gasteiger partial charge on any atom is -0.494 e. The smallest absolute Gasteiger partial charge is 0.243 e. The highest BCUT2D eigenvalue weighted by atomic mass is 32.2. The number of rotatable bonds is 8. The van der Waals surface area contributed by atoms with Gasteiger partial charge in [-0.25, -0.2) is 27.2 Å². The fraction of sp³-hybridized carbons (Fsp3) is 0.241. The number of anilines is 2. The number of methoxy groups -OCH3 is 1. The third-order valence-electron chi connectivity index (χ3n) is 7.11. The normalized spacial score (nSPS) is 15.5. The number of nitrogens with zero attached hydrogens (tertiary/aromatic N) is 3. The first-order valence-electron chi connectivity index (χ1n) is 12.8. The van der Waals surface area contributed by atoms with Crippen LogP contribution in [0.3, 0.4) is 0 Å². The van der Waals surface area contributed by atoms with Gasteiger partial charge in [0.15, 0.2) is 11.6 Å². The molecule has 4 aromatic rings. The Bertz CT molecular complexity index is 1580. The molecule has 3 aromatic carbocycles. The molecule has 1 aliphatic rings. The second-order valence-electron chi connectivity index (χ2n) is 9.58. The molecule has 2 heterocycles. The van der Waals surface area contributed by atoms with Crippen LogP contribution in [0.15, 0.2) is 83.9 Å². The molecule has 11 heteroatoms. The van der Waals surface area contributed by atoms with Gasteiger partial charge in [-0.05, 0) is 85.0 Å². The van der Waals surface area contributed by atoms with Crippen LogP contribution in [-0.2, 0) is 10.0 Å². The van der Waals surface area contributed by atoms with Crippen LogP contribution in [0.5, 0.6) is 5.75 Å². The van der Waals surface area contributed by atoms with E-state index in [4.69, 9.17) is 10.5 Å². The van der Waals surface area contributed by atoms with Gasteiger partial charge in [0, 0.05) is 36.6 Å². The number of halogens is 2. The summed E-state index contributed by atoms with van der Waals surface area (Å²) in [4.78, 5) is 8.84. The molecule has 0 spiro atoms. The molecule has 208 valence electrons. The van der Waals surface area contributed by atoms with Crippen LogP contribution in [0, 0.1) is 17.6 Å². The Morgan fingerprint density at radius 1 is 1.00 bits per heavy atom. The fourth-order valence-corrected chi connectivity index (χ4v) is 6.30. The maximum absolute atomic E-state index is 14.1. The number of hydrogen-bond donors (Lipinski definition) is 2. The number of hydrogen-bond acceptors (Lipinski definition) is 7. The highest BCUT2D eigenvalue weighted by molar-refractivity contribution is 7.89. The topological polar surface area (TPSA) is 110 Å². The van der Waals surface area contributed by atoms with Crippen LogP contribution in [0.25, 0.3) is 11.3 Å². The molecule has 8 nitrogen and oxygen atoms in total. The van der Waals surface area contributed by atoms with Gasteiger partial charge < -0.3 is 15.8 Å². The monoisotopic (exact) mass is 565 g/mol. The van der Waals surface area contributed by atoms with Gasteiger partial charge in [0.05, 0.1) is 17.7 Å². The highest BCUT2D eigenvalue weighted by Gasteiger charge is 2.32. The molecule has 1 saturated heterocycles. The van der Waals surface area contributed by atoms with E-state index in [1.165, 1.54) is 47.8 Å². The number of piperidine rings is 1. The summed E-state index contributed by atoms with van der Waals surface area (Å²) < 4.78 is 60.4. The van der Waals surface area contributed by atoms with E-state index in [1.54, 1.807) is 42.6 Å². The summed E-state index contributed by atoms with van der Waals surface area (Å²) in [6.45, 7) is 0.711. The van der Waals surface area contributed by atoms with Crippen molar-refractivity contribution in [3.63, 3.8) is 0 Å². The quantitative estimate of drug-likeness (QED) is 0.299. The van der Waals surface area contributed by atoms with Gasteiger partial charge >= 0.3 is 0 Å². The zero-order chi connectivity index (χ0) is 28.3. The summed E-state index contributed by atoms with van der Waals surface area (Å²) in [6, 6.07) is 18.5. The molecule has 40 heavy (non-hydrogen) atoms. The Kier molecular flexibility index (Phi) is 8.06. The number of ether oxygens (including phenoxy) is 1. The molecule has 0 unspecified atom stereocenters. The van der Waals surface area contributed by atoms with Crippen molar-refractivity contribution in [3.8, 4) is 17.0 Å². The first-order chi connectivity index (χ1) is 19.2. The summed E-state index contributed by atoms with van der Waals surface area (Å²) in [6.07, 6.45) is 2.78. The molecule has 3 N–H and O–H groups in total. The largest absolute Gasteiger partial charge is 0.494 e. The summed E-state index contributed by atoms with van der Waals surface area (Å²) in [5.41, 5.74) is 8.92. The molecular formula is C29H29F2N5O3S. The predicted molar refractivity (Wildman–Crippen MR) is 149 cm³/mol. The third-order valence-corrected chi connectivity index (χ3v) is 9.03. The molecular weight excluding hydrogens is 536 g/mol. The summed E-state index contributed by atoms with van der Waals surface area (Å²) in [5.74, 6) is -0.282. The van der Waals surface area contributed by atoms with Gasteiger partial charge in [-0.2, -0.15) is 4.31 Å². The Balaban J connectivity index is 1.22. The van der Waals surface area contributed by atoms with Crippen molar-refractivity contribution < 1.29 is 21.9 Å². The van der Waals surface area contributed by atoms with Crippen molar-refractivity contribution in [1.82, 2.24) is 14.3 Å². The van der Waals surface area contributed by atoms with E-state index in [9.17, 15) is 17.2 Å². The van der Waals surface area contributed by atoms with Crippen LogP contribution in [0.2, 0.25) is 0 Å². The van der Waals surface area contributed by atoms with Crippen molar-refractivity contribution >= 4 is 21.7 Å². The Morgan fingerprint density at radius 3 is 2.35 bits per heavy atom. The average Bonchev–Trinajstić information content (AvgIpc) is 2.97. The van der Waals surface area contributed by atoms with Gasteiger partial charge in [-0.15, -0.1) is 0 Å². The molecule has 0 bridgehead atoms. The molecule has 0 saturated carbocycles. The molecule has 0 radical (unpaired) electrons. The number of sulfonamides is 1. The zero-order valence-corrected chi connectivity index (χ0v) is 22.6. The van der Waals surface area contributed by atoms with E-state index in [0.717, 1.165) is 5.56 Å². The van der Waals surface area contributed by atoms with E-state index >= 15 is 0 Å². The predicted octanol–water partition coefficient (Wildman–Crippen LogP) is 5.27. The van der Waals surface area contributed by atoms with Crippen molar-refractivity contribution in [3.05, 3.63) is 96.2 Å². The second kappa shape index (κ2) is 11.7. The number of benzene rings is 3. The second-order valence-corrected chi connectivity index (χ2v) is 11.5. The number of nitrogens with one attached hydrogen (secondary N) is 1. The van der Waals surface area contributed by atoms with Crippen LogP contribution in [0.4, 0.5) is 20.4 Å². The van der Waals surface area contributed by atoms with Crippen LogP contribution in [-0.4, -0.2) is 42.9 Å². The van der Waals surface area contributed by atoms with Gasteiger partial charge in [-0.3, -0.25) is 0 Å². The van der Waals surface area contributed by atoms with Crippen LogP contribution < -0.4 is 15.8 Å². The van der Waals surface area contributed by atoms with Gasteiger partial charge in [0.25, 0.3) is 0 Å². The maximum Gasteiger partial charge on any atom is 0.243 e. The standard InChI is InChI=1S/C29H29F2N5O3S/c1-39-27-11-4-21(18-25(27)31)26-12-15-33-29(35-26)34-23-7-9-24(10-8-23)40(37,38)36-16-13-20(14-17-36)28(32)19-2-5-22(30)6-3-19/h2-12,15,18,20,28H,13-14,16-17,32H2,1H3,(H,33,34,35)/t28-/m1/s1. The average molecular weight is 566 g/mol. The van der Waals surface area contributed by atoms with E-state index < -0.39 is 15.8 Å². The van der Waals surface area contributed by atoms with E-state index in [0.29, 0.717) is 42.9 Å². The lowest BCUT2D eigenvalue weighted by Crippen LogP contribution is -2.40. The van der Waals surface area contributed by atoms with E-state index in [-0.39, 0.29) is 34.4 Å². The molecule has 1 aromatic heterocycles. The number of nitrogens with two attached hydrogens (primary N) is 1. The minimum atomic E-state index is -3.69. The molecule has 5 rings (SSSR count). The van der Waals surface area contributed by atoms with Crippen molar-refractivity contribution in [1.29, 1.82) is 0 Å². The first kappa shape index (κ1) is 27.6. The molecule has 0 aliphatic carbocycles. The highest BCUT2D eigenvalue weighted by Crippen LogP contribution is 2.32. The Hall–Kier alpha value is -3.93. The lowest BCUT2D eigenvalue weighted by Gasteiger charge is -2.34. The molecule has 1 atom stereocenters. The lowest BCUT2D eigenvalue weighted by molar-refractivity contribution is 0.245. The Morgan fingerprint density at radius 2 is 1.70 bits per heavy atom. The Labute approximate surface area is 231 Å². The van der Waals surface area contributed by atoms with Gasteiger partial charge in [0.1, 0.15) is 5.82 Å². The first-order valence-corrected chi connectivity index (χ1v) is 14.2. The fourth-order valence-electron chi connectivity index (χ4n) is 4.83. The van der Waals surface area contributed by atoms with Crippen molar-refractivity contribution in [2.24, 2.45) is 11.7 Å². The molecule has 1 fully saturated rings. The van der Waals surface area contributed by atoms with E-state index in [1.807, 2.05) is 0 Å². The van der Waals surface area contributed by atoms with Crippen LogP contribution >= 0.6 is 0 Å². The SMILES string of the molecule is COc1ccc(-c2ccnc(Nc3ccc(S(=O)(=O)N4CCC([C@H](N)c5ccc(F)cc5)CC4)cc3)n2)cc1F. The van der Waals surface area contributed by atoms with Crippen molar-refractivity contribution in [2.75, 3.05) is 25.5 Å². The molecule has 1 aliphatic heterocycles. The van der Waals surface area contributed by atoms with Crippen LogP contribution in [0.1, 0.15) is 24.4 Å². The van der Waals surface area contributed by atoms with Gasteiger partial charge in [-0.1, -0.05) is 12.1 Å². The summed E-state index contributed by atoms with van der Waals surface area (Å²) in [5, 5.41) is 3.06. The number of aromatic nitrogens is 2.